The normalized spacial score (nSPS) is 18.7. The summed E-state index contributed by atoms with van der Waals surface area (Å²) >= 11 is 0. The van der Waals surface area contributed by atoms with Gasteiger partial charge in [-0.3, -0.25) is 24.5 Å². The van der Waals surface area contributed by atoms with Gasteiger partial charge in [0.05, 0.1) is 5.69 Å². The quantitative estimate of drug-likeness (QED) is 0.746. The van der Waals surface area contributed by atoms with E-state index in [0.717, 1.165) is 16.2 Å². The van der Waals surface area contributed by atoms with E-state index in [1.807, 2.05) is 24.3 Å². The van der Waals surface area contributed by atoms with Gasteiger partial charge in [0.2, 0.25) is 0 Å². The highest BCUT2D eigenvalue weighted by Crippen LogP contribution is 2.21. The van der Waals surface area contributed by atoms with E-state index in [1.54, 1.807) is 19.3 Å². The third-order valence-electron chi connectivity index (χ3n) is 4.68. The number of hydrogen-bond acceptors (Lipinski definition) is 5. The molecule has 1 saturated heterocycles. The SMILES string of the molecule is CN1C(=O)C2C(=NC=[N+]2CC(=O)Nc2cccc(-c3ccn[nH]3)c2)N(C)C1=O. The lowest BCUT2D eigenvalue weighted by atomic mass is 10.1. The van der Waals surface area contributed by atoms with E-state index < -0.39 is 18.0 Å². The van der Waals surface area contributed by atoms with E-state index in [9.17, 15) is 14.4 Å². The number of amidine groups is 1. The van der Waals surface area contributed by atoms with Crippen LogP contribution in [0.3, 0.4) is 0 Å². The van der Waals surface area contributed by atoms with E-state index in [0.29, 0.717) is 11.5 Å². The van der Waals surface area contributed by atoms with Crippen LogP contribution in [0.5, 0.6) is 0 Å². The minimum absolute atomic E-state index is 0.0758. The molecule has 2 aromatic rings. The average molecular weight is 380 g/mol. The molecule has 0 spiro atoms. The summed E-state index contributed by atoms with van der Waals surface area (Å²) < 4.78 is 1.52. The summed E-state index contributed by atoms with van der Waals surface area (Å²) in [6, 6.07) is 7.94. The number of rotatable bonds is 4. The number of nitrogens with zero attached hydrogens (tertiary/aromatic N) is 5. The van der Waals surface area contributed by atoms with Crippen molar-refractivity contribution in [2.75, 3.05) is 26.0 Å². The maximum absolute atomic E-state index is 12.5. The molecule has 4 rings (SSSR count). The molecule has 2 N–H and O–H groups in total. The number of imide groups is 1. The Bertz CT molecular complexity index is 1030. The van der Waals surface area contributed by atoms with Crippen LogP contribution in [0.15, 0.2) is 41.5 Å². The number of carbonyl (C=O) groups is 3. The Morgan fingerprint density at radius 3 is 2.82 bits per heavy atom. The molecule has 28 heavy (non-hydrogen) atoms. The van der Waals surface area contributed by atoms with Crippen molar-refractivity contribution in [2.45, 2.75) is 6.04 Å². The molecular formula is C18H18N7O3+. The van der Waals surface area contributed by atoms with Crippen molar-refractivity contribution in [3.8, 4) is 11.3 Å². The van der Waals surface area contributed by atoms with E-state index in [1.165, 1.54) is 22.9 Å². The Labute approximate surface area is 160 Å². The molecule has 2 aliphatic heterocycles. The van der Waals surface area contributed by atoms with E-state index in [-0.39, 0.29) is 12.5 Å². The lowest BCUT2D eigenvalue weighted by Crippen LogP contribution is -2.61. The fraction of sp³-hybridized carbons (Fsp3) is 0.222. The van der Waals surface area contributed by atoms with Gasteiger partial charge in [0.15, 0.2) is 6.54 Å². The van der Waals surface area contributed by atoms with Crippen molar-refractivity contribution in [1.82, 2.24) is 20.0 Å². The number of aromatic amines is 1. The summed E-state index contributed by atoms with van der Waals surface area (Å²) in [5, 5.41) is 9.62. The zero-order valence-corrected chi connectivity index (χ0v) is 15.3. The van der Waals surface area contributed by atoms with Crippen molar-refractivity contribution in [1.29, 1.82) is 0 Å². The molecule has 1 atom stereocenters. The Morgan fingerprint density at radius 1 is 1.25 bits per heavy atom. The van der Waals surface area contributed by atoms with Crippen LogP contribution in [0.4, 0.5) is 10.5 Å². The number of amides is 4. The summed E-state index contributed by atoms with van der Waals surface area (Å²) in [4.78, 5) is 43.5. The largest absolute Gasteiger partial charge is 0.333 e. The molecule has 0 bridgehead atoms. The van der Waals surface area contributed by atoms with Gasteiger partial charge in [0.1, 0.15) is 0 Å². The molecule has 0 saturated carbocycles. The number of urea groups is 1. The highest BCUT2D eigenvalue weighted by molar-refractivity contribution is 6.21. The first-order valence-corrected chi connectivity index (χ1v) is 8.57. The van der Waals surface area contributed by atoms with Gasteiger partial charge < -0.3 is 5.32 Å². The summed E-state index contributed by atoms with van der Waals surface area (Å²) in [7, 11) is 2.96. The maximum atomic E-state index is 12.5. The van der Waals surface area contributed by atoms with Crippen molar-refractivity contribution in [3.05, 3.63) is 36.5 Å². The highest BCUT2D eigenvalue weighted by Gasteiger charge is 2.50. The summed E-state index contributed by atoms with van der Waals surface area (Å²) in [5.41, 5.74) is 2.35. The van der Waals surface area contributed by atoms with Gasteiger partial charge in [-0.25, -0.2) is 9.37 Å². The van der Waals surface area contributed by atoms with Crippen molar-refractivity contribution in [3.63, 3.8) is 0 Å². The molecule has 4 amide bonds. The highest BCUT2D eigenvalue weighted by atomic mass is 16.2. The minimum Gasteiger partial charge on any atom is -0.323 e. The third-order valence-corrected chi connectivity index (χ3v) is 4.68. The number of aromatic nitrogens is 2. The number of fused-ring (bicyclic) bond motifs is 1. The lowest BCUT2D eigenvalue weighted by molar-refractivity contribution is -0.519. The number of H-pyrrole nitrogens is 1. The van der Waals surface area contributed by atoms with Crippen molar-refractivity contribution >= 4 is 35.7 Å². The van der Waals surface area contributed by atoms with Crippen LogP contribution in [-0.2, 0) is 9.59 Å². The average Bonchev–Trinajstić information content (AvgIpc) is 3.35. The molecule has 1 unspecified atom stereocenters. The van der Waals surface area contributed by atoms with Crippen LogP contribution in [0.2, 0.25) is 0 Å². The number of nitrogens with one attached hydrogen (secondary N) is 2. The van der Waals surface area contributed by atoms with Crippen LogP contribution < -0.4 is 5.32 Å². The Hall–Kier alpha value is -3.82. The molecule has 142 valence electrons. The summed E-state index contributed by atoms with van der Waals surface area (Å²) in [5.74, 6) is -0.392. The number of benzene rings is 1. The first-order chi connectivity index (χ1) is 13.5. The van der Waals surface area contributed by atoms with Gasteiger partial charge in [0.25, 0.3) is 30.0 Å². The first-order valence-electron chi connectivity index (χ1n) is 8.57. The van der Waals surface area contributed by atoms with E-state index >= 15 is 0 Å². The van der Waals surface area contributed by atoms with Gasteiger partial charge in [-0.05, 0) is 23.2 Å². The molecule has 0 aliphatic carbocycles. The predicted octanol–water partition coefficient (Wildman–Crippen LogP) is 0.361. The van der Waals surface area contributed by atoms with Crippen LogP contribution in [0, 0.1) is 0 Å². The molecule has 2 aliphatic rings. The second-order valence-corrected chi connectivity index (χ2v) is 6.52. The van der Waals surface area contributed by atoms with Crippen LogP contribution in [0.1, 0.15) is 0 Å². The van der Waals surface area contributed by atoms with Crippen LogP contribution >= 0.6 is 0 Å². The number of carbonyl (C=O) groups excluding carboxylic acids is 3. The molecule has 1 aromatic heterocycles. The predicted molar refractivity (Wildman–Crippen MR) is 101 cm³/mol. The van der Waals surface area contributed by atoms with E-state index in [2.05, 4.69) is 20.5 Å². The zero-order chi connectivity index (χ0) is 19.8. The maximum Gasteiger partial charge on any atom is 0.333 e. The standard InChI is InChI=1S/C18H17N7O3/c1-23-16-15(17(27)24(2)18(23)28)25(10-19-16)9-14(26)21-12-5-3-4-11(8-12)13-6-7-20-22-13/h3-8,10,15H,9H2,1-2H3,(H-,20,21,22,26)/p+1. The third kappa shape index (κ3) is 2.94. The molecular weight excluding hydrogens is 362 g/mol. The minimum atomic E-state index is -0.783. The lowest BCUT2D eigenvalue weighted by Gasteiger charge is -2.30. The summed E-state index contributed by atoms with van der Waals surface area (Å²) in [6.07, 6.45) is 3.07. The zero-order valence-electron chi connectivity index (χ0n) is 15.3. The molecule has 1 aromatic carbocycles. The van der Waals surface area contributed by atoms with Gasteiger partial charge in [-0.15, -0.1) is 0 Å². The first kappa shape index (κ1) is 17.6. The van der Waals surface area contributed by atoms with Gasteiger partial charge in [0, 0.05) is 31.5 Å². The van der Waals surface area contributed by atoms with Gasteiger partial charge >= 0.3 is 6.03 Å². The van der Waals surface area contributed by atoms with Crippen molar-refractivity contribution < 1.29 is 19.0 Å². The second kappa shape index (κ2) is 6.72. The van der Waals surface area contributed by atoms with E-state index in [4.69, 9.17) is 0 Å². The van der Waals surface area contributed by atoms with Crippen LogP contribution in [-0.4, -0.2) is 81.3 Å². The molecule has 10 nitrogen and oxygen atoms in total. The molecule has 0 radical (unpaired) electrons. The second-order valence-electron chi connectivity index (χ2n) is 6.52. The van der Waals surface area contributed by atoms with Crippen LogP contribution in [0.25, 0.3) is 11.3 Å². The number of aliphatic imine (C=N–C) groups is 1. The molecule has 10 heteroatoms. The number of likely N-dealkylation sites (N-methyl/N-ethyl adjacent to an activating group) is 2. The molecule has 1 fully saturated rings. The Morgan fingerprint density at radius 2 is 2.07 bits per heavy atom. The fourth-order valence-corrected chi connectivity index (χ4v) is 3.22. The fourth-order valence-electron chi connectivity index (χ4n) is 3.22. The topological polar surface area (TPSA) is 114 Å². The van der Waals surface area contributed by atoms with Crippen molar-refractivity contribution in [2.24, 2.45) is 4.99 Å². The monoisotopic (exact) mass is 380 g/mol. The van der Waals surface area contributed by atoms with Gasteiger partial charge in [-0.1, -0.05) is 12.1 Å². The molecule has 3 heterocycles. The summed E-state index contributed by atoms with van der Waals surface area (Å²) in [6.45, 7) is -0.0758. The Kier molecular flexibility index (Phi) is 4.22. The Balaban J connectivity index is 1.46. The number of anilines is 1. The number of hydrogen-bond donors (Lipinski definition) is 2. The van der Waals surface area contributed by atoms with Gasteiger partial charge in [-0.2, -0.15) is 5.10 Å². The smallest absolute Gasteiger partial charge is 0.323 e.